The maximum absolute atomic E-state index is 6.09. The number of unbranched alkanes of at least 4 members (excludes halogenated alkanes) is 2. The number of aryl methyl sites for hydroxylation is 1. The Morgan fingerprint density at radius 3 is 2.67 bits per heavy atom. The van der Waals surface area contributed by atoms with Crippen molar-refractivity contribution in [3.05, 3.63) is 47.7 Å². The molecule has 0 radical (unpaired) electrons. The first-order valence-electron chi connectivity index (χ1n) is 6.44. The first-order valence-corrected chi connectivity index (χ1v) is 6.44. The van der Waals surface area contributed by atoms with Crippen molar-refractivity contribution >= 4 is 0 Å². The van der Waals surface area contributed by atoms with E-state index in [1.807, 2.05) is 30.3 Å². The minimum Gasteiger partial charge on any atom is -0.423 e. The predicted molar refractivity (Wildman–Crippen MR) is 70.0 cm³/mol. The number of hydrogen-bond acceptors (Lipinski definition) is 4. The van der Waals surface area contributed by atoms with E-state index in [1.54, 1.807) is 0 Å². The fourth-order valence-corrected chi connectivity index (χ4v) is 1.82. The zero-order valence-electron chi connectivity index (χ0n) is 10.7. The van der Waals surface area contributed by atoms with Crippen molar-refractivity contribution in [2.75, 3.05) is 0 Å². The third-order valence-electron chi connectivity index (χ3n) is 2.90. The summed E-state index contributed by atoms with van der Waals surface area (Å²) in [6, 6.07) is 9.46. The SMILES string of the molecule is CCCCCc1nnc(C(N)c2ccccc2)o1. The molecule has 1 atom stereocenters. The van der Waals surface area contributed by atoms with Crippen LogP contribution in [0.1, 0.15) is 49.6 Å². The third-order valence-corrected chi connectivity index (χ3v) is 2.90. The van der Waals surface area contributed by atoms with E-state index in [-0.39, 0.29) is 6.04 Å². The van der Waals surface area contributed by atoms with Crippen LogP contribution in [0.3, 0.4) is 0 Å². The first kappa shape index (κ1) is 12.8. The van der Waals surface area contributed by atoms with E-state index in [0.717, 1.165) is 18.4 Å². The number of aromatic nitrogens is 2. The molecule has 96 valence electrons. The summed E-state index contributed by atoms with van der Waals surface area (Å²) in [6.45, 7) is 2.17. The van der Waals surface area contributed by atoms with Gasteiger partial charge in [-0.2, -0.15) is 0 Å². The Morgan fingerprint density at radius 2 is 1.94 bits per heavy atom. The molecule has 0 aliphatic heterocycles. The number of benzene rings is 1. The van der Waals surface area contributed by atoms with Crippen molar-refractivity contribution in [1.29, 1.82) is 0 Å². The minimum atomic E-state index is -0.335. The highest BCUT2D eigenvalue weighted by Crippen LogP contribution is 2.18. The summed E-state index contributed by atoms with van der Waals surface area (Å²) in [5.41, 5.74) is 7.08. The molecule has 1 unspecified atom stereocenters. The summed E-state index contributed by atoms with van der Waals surface area (Å²) < 4.78 is 5.60. The Bertz CT molecular complexity index is 467. The quantitative estimate of drug-likeness (QED) is 0.795. The maximum Gasteiger partial charge on any atom is 0.237 e. The molecule has 18 heavy (non-hydrogen) atoms. The van der Waals surface area contributed by atoms with Gasteiger partial charge >= 0.3 is 0 Å². The van der Waals surface area contributed by atoms with Crippen LogP contribution in [0, 0.1) is 0 Å². The summed E-state index contributed by atoms with van der Waals surface area (Å²) in [5, 5.41) is 8.07. The van der Waals surface area contributed by atoms with Gasteiger partial charge in [-0.1, -0.05) is 50.1 Å². The molecule has 0 saturated heterocycles. The highest BCUT2D eigenvalue weighted by Gasteiger charge is 2.15. The lowest BCUT2D eigenvalue weighted by Crippen LogP contribution is -2.11. The molecule has 0 saturated carbocycles. The molecule has 2 aromatic rings. The van der Waals surface area contributed by atoms with Crippen LogP contribution in [-0.4, -0.2) is 10.2 Å². The van der Waals surface area contributed by atoms with Gasteiger partial charge in [-0.3, -0.25) is 0 Å². The lowest BCUT2D eigenvalue weighted by Gasteiger charge is -2.06. The van der Waals surface area contributed by atoms with E-state index < -0.39 is 0 Å². The van der Waals surface area contributed by atoms with Gasteiger partial charge in [0.1, 0.15) is 6.04 Å². The topological polar surface area (TPSA) is 64.9 Å². The van der Waals surface area contributed by atoms with Crippen LogP contribution in [0.25, 0.3) is 0 Å². The fourth-order valence-electron chi connectivity index (χ4n) is 1.82. The molecule has 4 nitrogen and oxygen atoms in total. The maximum atomic E-state index is 6.09. The molecule has 2 rings (SSSR count). The van der Waals surface area contributed by atoms with E-state index in [2.05, 4.69) is 17.1 Å². The molecule has 0 bridgehead atoms. The van der Waals surface area contributed by atoms with Gasteiger partial charge in [0.2, 0.25) is 11.8 Å². The van der Waals surface area contributed by atoms with Crippen molar-refractivity contribution < 1.29 is 4.42 Å². The first-order chi connectivity index (χ1) is 8.81. The van der Waals surface area contributed by atoms with Crippen molar-refractivity contribution in [2.24, 2.45) is 5.73 Å². The van der Waals surface area contributed by atoms with E-state index >= 15 is 0 Å². The van der Waals surface area contributed by atoms with Gasteiger partial charge < -0.3 is 10.2 Å². The summed E-state index contributed by atoms with van der Waals surface area (Å²) in [6.07, 6.45) is 4.29. The van der Waals surface area contributed by atoms with E-state index in [9.17, 15) is 0 Å². The Balaban J connectivity index is 2.01. The lowest BCUT2D eigenvalue weighted by molar-refractivity contribution is 0.428. The highest BCUT2D eigenvalue weighted by molar-refractivity contribution is 5.22. The van der Waals surface area contributed by atoms with Crippen molar-refractivity contribution in [2.45, 2.75) is 38.6 Å². The van der Waals surface area contributed by atoms with Gasteiger partial charge in [0.25, 0.3) is 0 Å². The molecule has 1 aromatic carbocycles. The summed E-state index contributed by atoms with van der Waals surface area (Å²) >= 11 is 0. The molecule has 1 heterocycles. The smallest absolute Gasteiger partial charge is 0.237 e. The van der Waals surface area contributed by atoms with Crippen LogP contribution in [0.2, 0.25) is 0 Å². The molecule has 0 amide bonds. The third kappa shape index (κ3) is 3.17. The second kappa shape index (κ2) is 6.31. The van der Waals surface area contributed by atoms with Crippen molar-refractivity contribution in [3.8, 4) is 0 Å². The largest absolute Gasteiger partial charge is 0.423 e. The second-order valence-corrected chi connectivity index (χ2v) is 4.38. The average Bonchev–Trinajstić information content (AvgIpc) is 2.88. The standard InChI is InChI=1S/C14H19N3O/c1-2-3-5-10-12-16-17-14(18-12)13(15)11-8-6-4-7-9-11/h4,6-9,13H,2-3,5,10,15H2,1H3. The number of rotatable bonds is 6. The molecule has 1 aromatic heterocycles. The van der Waals surface area contributed by atoms with Gasteiger partial charge in [-0.05, 0) is 12.0 Å². The van der Waals surface area contributed by atoms with Crippen LogP contribution >= 0.6 is 0 Å². The Kier molecular flexibility index (Phi) is 4.47. The van der Waals surface area contributed by atoms with E-state index in [0.29, 0.717) is 11.8 Å². The van der Waals surface area contributed by atoms with E-state index in [1.165, 1.54) is 12.8 Å². The zero-order chi connectivity index (χ0) is 12.8. The Labute approximate surface area is 107 Å². The molecule has 0 fully saturated rings. The van der Waals surface area contributed by atoms with Crippen molar-refractivity contribution in [1.82, 2.24) is 10.2 Å². The van der Waals surface area contributed by atoms with Crippen LogP contribution in [-0.2, 0) is 6.42 Å². The molecule has 0 aliphatic carbocycles. The van der Waals surface area contributed by atoms with Gasteiger partial charge in [0.05, 0.1) is 0 Å². The summed E-state index contributed by atoms with van der Waals surface area (Å²) in [4.78, 5) is 0. The number of nitrogens with zero attached hydrogens (tertiary/aromatic N) is 2. The predicted octanol–water partition coefficient (Wildman–Crippen LogP) is 2.85. The molecular formula is C14H19N3O. The zero-order valence-corrected chi connectivity index (χ0v) is 10.7. The van der Waals surface area contributed by atoms with Crippen LogP contribution in [0.4, 0.5) is 0 Å². The van der Waals surface area contributed by atoms with Crippen LogP contribution in [0.5, 0.6) is 0 Å². The van der Waals surface area contributed by atoms with Gasteiger partial charge in [0.15, 0.2) is 0 Å². The minimum absolute atomic E-state index is 0.335. The van der Waals surface area contributed by atoms with Gasteiger partial charge in [-0.15, -0.1) is 10.2 Å². The Morgan fingerprint density at radius 1 is 1.17 bits per heavy atom. The lowest BCUT2D eigenvalue weighted by atomic mass is 10.1. The molecule has 2 N–H and O–H groups in total. The molecular weight excluding hydrogens is 226 g/mol. The Hall–Kier alpha value is -1.68. The fraction of sp³-hybridized carbons (Fsp3) is 0.429. The normalized spacial score (nSPS) is 12.6. The number of hydrogen-bond donors (Lipinski definition) is 1. The van der Waals surface area contributed by atoms with Crippen molar-refractivity contribution in [3.63, 3.8) is 0 Å². The monoisotopic (exact) mass is 245 g/mol. The summed E-state index contributed by atoms with van der Waals surface area (Å²) in [7, 11) is 0. The molecule has 0 spiro atoms. The highest BCUT2D eigenvalue weighted by atomic mass is 16.4. The van der Waals surface area contributed by atoms with Gasteiger partial charge in [-0.25, -0.2) is 0 Å². The van der Waals surface area contributed by atoms with Crippen LogP contribution in [0.15, 0.2) is 34.7 Å². The summed E-state index contributed by atoms with van der Waals surface area (Å²) in [5.74, 6) is 1.18. The second-order valence-electron chi connectivity index (χ2n) is 4.38. The van der Waals surface area contributed by atoms with Gasteiger partial charge in [0, 0.05) is 6.42 Å². The van der Waals surface area contributed by atoms with Crippen LogP contribution < -0.4 is 5.73 Å². The van der Waals surface area contributed by atoms with E-state index in [4.69, 9.17) is 10.2 Å². The molecule has 4 heteroatoms. The molecule has 0 aliphatic rings. The number of nitrogens with two attached hydrogens (primary N) is 1. The average molecular weight is 245 g/mol.